The minimum absolute atomic E-state index is 0. The molecule has 0 atom stereocenters. The molecule has 0 aromatic heterocycles. The Bertz CT molecular complexity index is 1840. The van der Waals surface area contributed by atoms with Crippen LogP contribution in [0.5, 0.6) is 0 Å². The number of benzene rings is 7. The molecule has 0 aliphatic heterocycles. The maximum Gasteiger partial charge on any atom is 2.00 e. The molecule has 278 valence electrons. The van der Waals surface area contributed by atoms with E-state index in [2.05, 4.69) is 211 Å². The summed E-state index contributed by atoms with van der Waals surface area (Å²) < 4.78 is 60.2. The van der Waals surface area contributed by atoms with Crippen molar-refractivity contribution in [2.45, 2.75) is 5.51 Å². The fraction of sp³-hybridized carbons (Fsp3) is 0.0233. The van der Waals surface area contributed by atoms with Gasteiger partial charge in [0.25, 0.3) is 0 Å². The van der Waals surface area contributed by atoms with Gasteiger partial charge in [0, 0.05) is 0 Å². The predicted molar refractivity (Wildman–Crippen MR) is 224 cm³/mol. The summed E-state index contributed by atoms with van der Waals surface area (Å²) in [5.41, 5.74) is -5.65. The van der Waals surface area contributed by atoms with Gasteiger partial charge in [0.15, 0.2) is 10.1 Å². The van der Waals surface area contributed by atoms with Crippen LogP contribution in [-0.2, 0) is 30.5 Å². The largest absolute Gasteiger partial charge is 2.00 e. The zero-order chi connectivity index (χ0) is 37.9. The number of alkyl halides is 3. The third-order valence-corrected chi connectivity index (χ3v) is 13.2. The first-order chi connectivity index (χ1) is 25.5. The molecule has 0 aliphatic carbocycles. The van der Waals surface area contributed by atoms with Crippen molar-refractivity contribution in [2.24, 2.45) is 0 Å². The monoisotopic (exact) mass is 982 g/mol. The summed E-state index contributed by atoms with van der Waals surface area (Å²) in [6, 6.07) is 75.4. The summed E-state index contributed by atoms with van der Waals surface area (Å²) in [5, 5.41) is 8.39. The Morgan fingerprint density at radius 3 is 0.759 bits per heavy atom. The van der Waals surface area contributed by atoms with Crippen LogP contribution in [0.4, 0.5) is 13.2 Å². The molecule has 7 aromatic carbocycles. The Labute approximate surface area is 345 Å². The quantitative estimate of drug-likeness (QED) is 0.0418. The fourth-order valence-corrected chi connectivity index (χ4v) is 9.69. The van der Waals surface area contributed by atoms with Crippen LogP contribution in [0.25, 0.3) is 0 Å². The van der Waals surface area contributed by atoms with Crippen molar-refractivity contribution in [3.05, 3.63) is 216 Å². The summed E-state index contributed by atoms with van der Waals surface area (Å²) in [7, 11) is -6.98. The van der Waals surface area contributed by atoms with Crippen molar-refractivity contribution >= 4 is 80.4 Å². The Hall–Kier alpha value is -3.51. The van der Waals surface area contributed by atoms with Gasteiger partial charge in [-0.25, -0.2) is 8.42 Å². The predicted octanol–water partition coefficient (Wildman–Crippen LogP) is 9.03. The van der Waals surface area contributed by atoms with E-state index in [1.54, 1.807) is 0 Å². The van der Waals surface area contributed by atoms with E-state index < -0.39 is 31.5 Å². The molecule has 0 unspecified atom stereocenters. The van der Waals surface area contributed by atoms with Gasteiger partial charge in [-0.2, -0.15) is 43.5 Å². The van der Waals surface area contributed by atoms with E-state index in [-0.39, 0.29) is 20.4 Å². The third-order valence-electron chi connectivity index (χ3n) is 7.05. The zero-order valence-electron chi connectivity index (χ0n) is 28.5. The number of rotatable bonds is 6. The standard InChI is InChI=1S/2C18H15P.C6H4I.CHF3O3S.Pd/c2*1-4-10-16(11-5-1)19(17-12-6-2-7-13-17)18-14-8-3-9-15-18;7-6-4-2-1-3-5-6;2-1(3,4)8(5,6)7;/h2*1-15H;2-5H;(H,5,6,7);/q;;-1;;+2/p-1. The van der Waals surface area contributed by atoms with Gasteiger partial charge < -0.3 is 4.55 Å². The van der Waals surface area contributed by atoms with Crippen molar-refractivity contribution in [2.75, 3.05) is 0 Å². The zero-order valence-corrected chi connectivity index (χ0v) is 34.8. The summed E-state index contributed by atoms with van der Waals surface area (Å²) in [6.45, 7) is 0. The smallest absolute Gasteiger partial charge is 0.741 e. The maximum atomic E-state index is 10.7. The van der Waals surface area contributed by atoms with Gasteiger partial charge >= 0.3 is 25.9 Å². The van der Waals surface area contributed by atoms with Gasteiger partial charge in [-0.05, 0) is 47.7 Å². The topological polar surface area (TPSA) is 57.2 Å². The molecule has 54 heavy (non-hydrogen) atoms. The van der Waals surface area contributed by atoms with Crippen LogP contribution in [0.2, 0.25) is 0 Å². The molecule has 0 radical (unpaired) electrons. The molecule has 0 amide bonds. The molecule has 11 heteroatoms. The first-order valence-electron chi connectivity index (χ1n) is 16.1. The minimum atomic E-state index is -6.09. The Morgan fingerprint density at radius 2 is 0.630 bits per heavy atom. The summed E-state index contributed by atoms with van der Waals surface area (Å²) >= 11 is 2.26. The summed E-state index contributed by atoms with van der Waals surface area (Å²) in [6.07, 6.45) is 0. The molecule has 0 aliphatic rings. The van der Waals surface area contributed by atoms with Gasteiger partial charge in [-0.1, -0.05) is 208 Å². The van der Waals surface area contributed by atoms with Crippen LogP contribution >= 0.6 is 38.4 Å². The van der Waals surface area contributed by atoms with E-state index in [1.165, 1.54) is 35.4 Å². The summed E-state index contributed by atoms with van der Waals surface area (Å²) in [4.78, 5) is 0. The average Bonchev–Trinajstić information content (AvgIpc) is 3.18. The van der Waals surface area contributed by atoms with Crippen molar-refractivity contribution in [3.63, 3.8) is 0 Å². The number of hydrogen-bond acceptors (Lipinski definition) is 3. The first-order valence-corrected chi connectivity index (χ1v) is 21.3. The van der Waals surface area contributed by atoms with Crippen LogP contribution in [0.15, 0.2) is 206 Å². The number of halogens is 4. The third kappa shape index (κ3) is 15.0. The Kier molecular flexibility index (Phi) is 19.5. The molecule has 0 heterocycles. The van der Waals surface area contributed by atoms with Crippen molar-refractivity contribution < 1.29 is 46.6 Å². The molecular weight excluding hydrogens is 949 g/mol. The van der Waals surface area contributed by atoms with Crippen LogP contribution in [0.3, 0.4) is 0 Å². The average molecular weight is 983 g/mol. The molecule has 7 aromatic rings. The molecular formula is C43H34F3IO3P2PdS. The van der Waals surface area contributed by atoms with E-state index in [1.807, 2.05) is 24.3 Å². The van der Waals surface area contributed by atoms with E-state index in [9.17, 15) is 13.2 Å². The van der Waals surface area contributed by atoms with Gasteiger partial charge in [0.1, 0.15) is 0 Å². The van der Waals surface area contributed by atoms with E-state index in [0.29, 0.717) is 0 Å². The normalized spacial score (nSPS) is 10.6. The number of hydrogen-bond donors (Lipinski definition) is 0. The first kappa shape index (κ1) is 44.9. The Morgan fingerprint density at radius 1 is 0.444 bits per heavy atom. The molecule has 0 saturated carbocycles. The fourth-order valence-electron chi connectivity index (χ4n) is 4.72. The molecule has 3 nitrogen and oxygen atoms in total. The second-order valence-corrected chi connectivity index (χ2v) is 17.9. The van der Waals surface area contributed by atoms with Gasteiger partial charge in [0.2, 0.25) is 0 Å². The molecule has 0 bridgehead atoms. The molecule has 0 fully saturated rings. The SMILES string of the molecule is Ic1cc[c-]cc1.O=S(=O)([O-])C(F)(F)F.[Pd+2].c1ccc(P(c2ccccc2)c2ccccc2)cc1.c1ccc(P(c2ccccc2)c2ccccc2)cc1. The second kappa shape index (κ2) is 23.4. The van der Waals surface area contributed by atoms with Crippen LogP contribution < -0.4 is 31.8 Å². The van der Waals surface area contributed by atoms with Gasteiger partial charge in [0.05, 0.1) is 0 Å². The van der Waals surface area contributed by atoms with Crippen LogP contribution in [0, 0.1) is 9.64 Å². The Balaban J connectivity index is 0.000000210. The van der Waals surface area contributed by atoms with E-state index in [0.717, 1.165) is 0 Å². The summed E-state index contributed by atoms with van der Waals surface area (Å²) in [5.74, 6) is 0. The van der Waals surface area contributed by atoms with Crippen LogP contribution in [0.1, 0.15) is 0 Å². The molecule has 0 N–H and O–H groups in total. The van der Waals surface area contributed by atoms with Crippen molar-refractivity contribution in [3.8, 4) is 0 Å². The van der Waals surface area contributed by atoms with Crippen molar-refractivity contribution in [1.82, 2.24) is 0 Å². The van der Waals surface area contributed by atoms with Gasteiger partial charge in [-0.3, -0.25) is 0 Å². The van der Waals surface area contributed by atoms with Crippen LogP contribution in [-0.4, -0.2) is 18.5 Å². The van der Waals surface area contributed by atoms with E-state index in [4.69, 9.17) is 13.0 Å². The minimum Gasteiger partial charge on any atom is -0.741 e. The van der Waals surface area contributed by atoms with E-state index >= 15 is 0 Å². The second-order valence-electron chi connectivity index (χ2n) is 10.8. The molecule has 0 saturated heterocycles. The maximum absolute atomic E-state index is 10.7. The van der Waals surface area contributed by atoms with Gasteiger partial charge in [-0.15, -0.1) is 0 Å². The molecule has 7 rings (SSSR count). The molecule has 0 spiro atoms. The van der Waals surface area contributed by atoms with Crippen molar-refractivity contribution in [1.29, 1.82) is 0 Å².